The molecule has 0 spiro atoms. The van der Waals surface area contributed by atoms with Gasteiger partial charge in [-0.2, -0.15) is 0 Å². The van der Waals surface area contributed by atoms with Crippen LogP contribution in [-0.2, 0) is 15.6 Å². The SMILES string of the molecule is CS(=O)(=O)Cc1ccccc1NC(=O)c1sccc1C1CC1. The van der Waals surface area contributed by atoms with Crippen molar-refractivity contribution in [2.75, 3.05) is 11.6 Å². The smallest absolute Gasteiger partial charge is 0.266 e. The van der Waals surface area contributed by atoms with E-state index in [1.807, 2.05) is 11.4 Å². The summed E-state index contributed by atoms with van der Waals surface area (Å²) in [6.07, 6.45) is 3.47. The van der Waals surface area contributed by atoms with Gasteiger partial charge in [-0.1, -0.05) is 18.2 Å². The molecule has 1 aromatic carbocycles. The second-order valence-corrected chi connectivity index (χ2v) is 8.72. The van der Waals surface area contributed by atoms with Crippen LogP contribution in [0.15, 0.2) is 35.7 Å². The zero-order chi connectivity index (χ0) is 15.7. The molecule has 1 fully saturated rings. The summed E-state index contributed by atoms with van der Waals surface area (Å²) in [5.74, 6) is 0.278. The number of benzene rings is 1. The first-order valence-electron chi connectivity index (χ1n) is 7.08. The van der Waals surface area contributed by atoms with Crippen LogP contribution in [0.5, 0.6) is 0 Å². The van der Waals surface area contributed by atoms with Gasteiger partial charge in [0.1, 0.15) is 0 Å². The molecule has 0 unspecified atom stereocenters. The number of thiophene rings is 1. The van der Waals surface area contributed by atoms with Gasteiger partial charge in [-0.25, -0.2) is 8.42 Å². The van der Waals surface area contributed by atoms with E-state index in [1.54, 1.807) is 24.3 Å². The summed E-state index contributed by atoms with van der Waals surface area (Å²) in [7, 11) is -3.15. The Morgan fingerprint density at radius 2 is 2.00 bits per heavy atom. The number of anilines is 1. The Kier molecular flexibility index (Phi) is 4.06. The molecule has 3 rings (SSSR count). The summed E-state index contributed by atoms with van der Waals surface area (Å²) in [6, 6.07) is 9.05. The monoisotopic (exact) mass is 335 g/mol. The molecule has 1 aliphatic carbocycles. The van der Waals surface area contributed by atoms with Crippen LogP contribution in [0.3, 0.4) is 0 Å². The molecule has 1 aromatic heterocycles. The Labute approximate surface area is 134 Å². The van der Waals surface area contributed by atoms with E-state index in [0.717, 1.165) is 23.3 Å². The predicted octanol–water partition coefficient (Wildman–Crippen LogP) is 3.42. The van der Waals surface area contributed by atoms with Crippen molar-refractivity contribution < 1.29 is 13.2 Å². The second kappa shape index (κ2) is 5.85. The Balaban J connectivity index is 1.83. The molecule has 6 heteroatoms. The normalized spacial score (nSPS) is 14.8. The van der Waals surface area contributed by atoms with Crippen LogP contribution in [0.2, 0.25) is 0 Å². The maximum absolute atomic E-state index is 12.5. The molecule has 0 saturated heterocycles. The first kappa shape index (κ1) is 15.2. The zero-order valence-electron chi connectivity index (χ0n) is 12.2. The highest BCUT2D eigenvalue weighted by atomic mass is 32.2. The van der Waals surface area contributed by atoms with Crippen LogP contribution in [0.25, 0.3) is 0 Å². The molecule has 0 aliphatic heterocycles. The van der Waals surface area contributed by atoms with Crippen molar-refractivity contribution in [1.29, 1.82) is 0 Å². The molecular weight excluding hydrogens is 318 g/mol. The summed E-state index contributed by atoms with van der Waals surface area (Å²) in [5.41, 5.74) is 2.29. The minimum Gasteiger partial charge on any atom is -0.321 e. The van der Waals surface area contributed by atoms with Crippen molar-refractivity contribution in [3.63, 3.8) is 0 Å². The molecule has 1 aliphatic rings. The molecule has 2 aromatic rings. The summed E-state index contributed by atoms with van der Waals surface area (Å²) in [5, 5.41) is 4.80. The summed E-state index contributed by atoms with van der Waals surface area (Å²) >= 11 is 1.43. The van der Waals surface area contributed by atoms with Crippen LogP contribution in [0.4, 0.5) is 5.69 Å². The predicted molar refractivity (Wildman–Crippen MR) is 89.2 cm³/mol. The average Bonchev–Trinajstić information content (AvgIpc) is 3.16. The van der Waals surface area contributed by atoms with Crippen molar-refractivity contribution in [2.24, 2.45) is 0 Å². The van der Waals surface area contributed by atoms with Crippen LogP contribution in [0, 0.1) is 0 Å². The maximum Gasteiger partial charge on any atom is 0.266 e. The van der Waals surface area contributed by atoms with Gasteiger partial charge in [-0.15, -0.1) is 11.3 Å². The van der Waals surface area contributed by atoms with Gasteiger partial charge in [-0.05, 0) is 47.4 Å². The minimum atomic E-state index is -3.15. The number of nitrogens with one attached hydrogen (secondary N) is 1. The highest BCUT2D eigenvalue weighted by Gasteiger charge is 2.29. The number of carbonyl (C=O) groups is 1. The Bertz CT molecular complexity index is 804. The summed E-state index contributed by atoms with van der Waals surface area (Å²) in [6.45, 7) is 0. The lowest BCUT2D eigenvalue weighted by Gasteiger charge is -2.10. The van der Waals surface area contributed by atoms with E-state index in [9.17, 15) is 13.2 Å². The van der Waals surface area contributed by atoms with E-state index in [4.69, 9.17) is 0 Å². The molecule has 1 amide bonds. The fourth-order valence-corrected chi connectivity index (χ4v) is 4.15. The van der Waals surface area contributed by atoms with Crippen molar-refractivity contribution in [3.8, 4) is 0 Å². The van der Waals surface area contributed by atoms with Gasteiger partial charge in [0, 0.05) is 11.9 Å². The Morgan fingerprint density at radius 1 is 1.27 bits per heavy atom. The molecule has 0 atom stereocenters. The highest BCUT2D eigenvalue weighted by Crippen LogP contribution is 2.43. The van der Waals surface area contributed by atoms with Gasteiger partial charge in [0.15, 0.2) is 9.84 Å². The van der Waals surface area contributed by atoms with Crippen molar-refractivity contribution in [1.82, 2.24) is 0 Å². The number of carbonyl (C=O) groups excluding carboxylic acids is 1. The average molecular weight is 335 g/mol. The van der Waals surface area contributed by atoms with E-state index in [0.29, 0.717) is 17.2 Å². The van der Waals surface area contributed by atoms with E-state index >= 15 is 0 Å². The number of amides is 1. The molecular formula is C16H17NO3S2. The number of sulfone groups is 1. The molecule has 0 bridgehead atoms. The molecule has 22 heavy (non-hydrogen) atoms. The lowest BCUT2D eigenvalue weighted by Crippen LogP contribution is -2.14. The van der Waals surface area contributed by atoms with Gasteiger partial charge in [0.2, 0.25) is 0 Å². The van der Waals surface area contributed by atoms with Crippen LogP contribution >= 0.6 is 11.3 Å². The van der Waals surface area contributed by atoms with E-state index < -0.39 is 9.84 Å². The largest absolute Gasteiger partial charge is 0.321 e. The fourth-order valence-electron chi connectivity index (χ4n) is 2.45. The lowest BCUT2D eigenvalue weighted by molar-refractivity contribution is 0.102. The Morgan fingerprint density at radius 3 is 2.68 bits per heavy atom. The number of para-hydroxylation sites is 1. The topological polar surface area (TPSA) is 63.2 Å². The second-order valence-electron chi connectivity index (χ2n) is 5.66. The van der Waals surface area contributed by atoms with E-state index in [-0.39, 0.29) is 11.7 Å². The summed E-state index contributed by atoms with van der Waals surface area (Å²) in [4.78, 5) is 13.2. The van der Waals surface area contributed by atoms with Gasteiger partial charge < -0.3 is 5.32 Å². The lowest BCUT2D eigenvalue weighted by atomic mass is 10.1. The molecule has 1 heterocycles. The molecule has 116 valence electrons. The molecule has 4 nitrogen and oxygen atoms in total. The fraction of sp³-hybridized carbons (Fsp3) is 0.312. The number of rotatable bonds is 5. The van der Waals surface area contributed by atoms with E-state index in [2.05, 4.69) is 5.32 Å². The van der Waals surface area contributed by atoms with Crippen molar-refractivity contribution in [3.05, 3.63) is 51.7 Å². The molecule has 1 N–H and O–H groups in total. The minimum absolute atomic E-state index is 0.0800. The maximum atomic E-state index is 12.5. The van der Waals surface area contributed by atoms with Gasteiger partial charge in [0.25, 0.3) is 5.91 Å². The number of hydrogen-bond acceptors (Lipinski definition) is 4. The van der Waals surface area contributed by atoms with E-state index in [1.165, 1.54) is 17.6 Å². The quantitative estimate of drug-likeness (QED) is 0.910. The van der Waals surface area contributed by atoms with Crippen LogP contribution in [0.1, 0.15) is 39.6 Å². The molecule has 1 saturated carbocycles. The van der Waals surface area contributed by atoms with Crippen molar-refractivity contribution in [2.45, 2.75) is 24.5 Å². The first-order valence-corrected chi connectivity index (χ1v) is 10.0. The summed E-state index contributed by atoms with van der Waals surface area (Å²) < 4.78 is 23.0. The standard InChI is InChI=1S/C16H17NO3S2/c1-22(19,20)10-12-4-2-3-5-14(12)17-16(18)15-13(8-9-21-15)11-6-7-11/h2-5,8-9,11H,6-7,10H2,1H3,(H,17,18). The van der Waals surface area contributed by atoms with Crippen LogP contribution in [-0.4, -0.2) is 20.6 Å². The highest BCUT2D eigenvalue weighted by molar-refractivity contribution is 7.89. The van der Waals surface area contributed by atoms with Crippen LogP contribution < -0.4 is 5.32 Å². The number of hydrogen-bond donors (Lipinski definition) is 1. The third-order valence-corrected chi connectivity index (χ3v) is 5.37. The third-order valence-electron chi connectivity index (χ3n) is 3.60. The molecule has 0 radical (unpaired) electrons. The van der Waals surface area contributed by atoms with Gasteiger partial charge in [-0.3, -0.25) is 4.79 Å². The van der Waals surface area contributed by atoms with Crippen molar-refractivity contribution >= 4 is 32.8 Å². The Hall–Kier alpha value is -1.66. The van der Waals surface area contributed by atoms with Gasteiger partial charge in [0.05, 0.1) is 10.6 Å². The zero-order valence-corrected chi connectivity index (χ0v) is 13.8. The van der Waals surface area contributed by atoms with Gasteiger partial charge >= 0.3 is 0 Å². The first-order chi connectivity index (χ1) is 10.4. The third kappa shape index (κ3) is 3.56.